The Hall–Kier alpha value is -1.30. The summed E-state index contributed by atoms with van der Waals surface area (Å²) in [6, 6.07) is 3.65. The minimum absolute atomic E-state index is 0.0519. The predicted molar refractivity (Wildman–Crippen MR) is 140 cm³/mol. The molecule has 5 nitrogen and oxygen atoms in total. The van der Waals surface area contributed by atoms with Gasteiger partial charge >= 0.3 is 0 Å². The van der Waals surface area contributed by atoms with Gasteiger partial charge in [-0.05, 0) is 87.8 Å². The minimum atomic E-state index is -2.62. The van der Waals surface area contributed by atoms with E-state index in [-0.39, 0.29) is 29.0 Å². The molecule has 0 unspecified atom stereocenters. The van der Waals surface area contributed by atoms with Gasteiger partial charge in [0.1, 0.15) is 11.7 Å². The number of benzene rings is 1. The molecule has 198 valence electrons. The molecule has 7 aliphatic rings. The molecule has 2 aliphatic heterocycles. The van der Waals surface area contributed by atoms with E-state index < -0.39 is 41.7 Å². The van der Waals surface area contributed by atoms with Crippen molar-refractivity contribution in [2.75, 3.05) is 27.2 Å². The summed E-state index contributed by atoms with van der Waals surface area (Å²) < 4.78 is 61.3. The van der Waals surface area contributed by atoms with Crippen LogP contribution < -0.4 is 9.47 Å². The number of hydrogen-bond donors (Lipinski definition) is 1. The van der Waals surface area contributed by atoms with Crippen molar-refractivity contribution in [1.82, 2.24) is 4.90 Å². The average molecular weight is 501 g/mol. The lowest BCUT2D eigenvalue weighted by Crippen LogP contribution is -2.83. The molecule has 5 heteroatoms. The highest BCUT2D eigenvalue weighted by Gasteiger charge is 2.82. The largest absolute Gasteiger partial charge is 0.493 e. The van der Waals surface area contributed by atoms with E-state index in [4.69, 9.17) is 18.3 Å². The Bertz CT molecular complexity index is 1280. The van der Waals surface area contributed by atoms with E-state index in [1.54, 1.807) is 13.2 Å². The van der Waals surface area contributed by atoms with Crippen molar-refractivity contribution in [3.05, 3.63) is 23.3 Å². The predicted octanol–water partition coefficient (Wildman–Crippen LogP) is 5.11. The zero-order valence-corrected chi connectivity index (χ0v) is 22.4. The van der Waals surface area contributed by atoms with Crippen LogP contribution in [0.25, 0.3) is 0 Å². The first-order valence-electron chi connectivity index (χ1n) is 16.6. The molecule has 5 aliphatic carbocycles. The maximum Gasteiger partial charge on any atom is 0.165 e. The van der Waals surface area contributed by atoms with Crippen molar-refractivity contribution in [1.29, 1.82) is 0 Å². The second kappa shape index (κ2) is 7.21. The van der Waals surface area contributed by atoms with Crippen molar-refractivity contribution in [3.8, 4) is 11.5 Å². The fraction of sp³-hybridized carbons (Fsp3) is 0.806. The monoisotopic (exact) mass is 500 g/mol. The molecule has 8 rings (SSSR count). The van der Waals surface area contributed by atoms with Gasteiger partial charge in [0.05, 0.1) is 16.8 Å². The first-order chi connectivity index (χ1) is 19.0. The summed E-state index contributed by atoms with van der Waals surface area (Å²) in [7, 11) is -0.876. The fourth-order valence-corrected chi connectivity index (χ4v) is 9.61. The third-order valence-corrected chi connectivity index (χ3v) is 12.3. The van der Waals surface area contributed by atoms with Crippen molar-refractivity contribution >= 4 is 0 Å². The van der Waals surface area contributed by atoms with Crippen LogP contribution in [-0.4, -0.2) is 60.5 Å². The van der Waals surface area contributed by atoms with Crippen LogP contribution in [0.1, 0.15) is 90.6 Å². The Morgan fingerprint density at radius 1 is 1.25 bits per heavy atom. The van der Waals surface area contributed by atoms with Crippen LogP contribution in [-0.2, 0) is 16.6 Å². The summed E-state index contributed by atoms with van der Waals surface area (Å²) in [5, 5.41) is 12.5. The Morgan fingerprint density at radius 3 is 2.75 bits per heavy atom. The number of hydrogen-bond acceptors (Lipinski definition) is 5. The normalized spacial score (nSPS) is 44.8. The third-order valence-electron chi connectivity index (χ3n) is 12.3. The number of ether oxygens (including phenoxy) is 3. The zero-order valence-electron chi connectivity index (χ0n) is 27.4. The topological polar surface area (TPSA) is 51.2 Å². The number of aliphatic hydroxyl groups is 1. The van der Waals surface area contributed by atoms with Gasteiger partial charge in [-0.3, -0.25) is 4.90 Å². The summed E-state index contributed by atoms with van der Waals surface area (Å²) in [5.74, 6) is 0.556. The molecule has 1 aromatic rings. The number of likely N-dealkylation sites (tertiary alicyclic amines) is 1. The van der Waals surface area contributed by atoms with Crippen molar-refractivity contribution in [3.63, 3.8) is 0 Å². The summed E-state index contributed by atoms with van der Waals surface area (Å²) in [6.07, 6.45) is 5.84. The van der Waals surface area contributed by atoms with E-state index in [0.29, 0.717) is 38.0 Å². The summed E-state index contributed by atoms with van der Waals surface area (Å²) in [5.41, 5.74) is -0.939. The quantitative estimate of drug-likeness (QED) is 0.564. The van der Waals surface area contributed by atoms with Gasteiger partial charge < -0.3 is 19.3 Å². The van der Waals surface area contributed by atoms with Gasteiger partial charge in [-0.25, -0.2) is 0 Å². The highest BCUT2D eigenvalue weighted by Crippen LogP contribution is 2.78. The average Bonchev–Trinajstić information content (AvgIpc) is 3.69. The van der Waals surface area contributed by atoms with E-state index in [2.05, 4.69) is 25.7 Å². The van der Waals surface area contributed by atoms with Crippen molar-refractivity contribution in [2.45, 2.75) is 108 Å². The molecule has 0 radical (unpaired) electrons. The molecule has 0 amide bonds. The van der Waals surface area contributed by atoms with Crippen molar-refractivity contribution in [2.24, 2.45) is 22.7 Å². The Kier molecular flexibility index (Phi) is 3.78. The highest BCUT2D eigenvalue weighted by molar-refractivity contribution is 5.63. The molecule has 5 fully saturated rings. The second-order valence-corrected chi connectivity index (χ2v) is 13.5. The van der Waals surface area contributed by atoms with E-state index in [1.165, 1.54) is 0 Å². The van der Waals surface area contributed by atoms with Crippen LogP contribution in [0.4, 0.5) is 0 Å². The number of methoxy groups -OCH3 is 2. The third kappa shape index (κ3) is 2.50. The molecule has 1 N–H and O–H groups in total. The lowest BCUT2D eigenvalue weighted by molar-refractivity contribution is -0.313. The van der Waals surface area contributed by atoms with E-state index in [0.717, 1.165) is 36.8 Å². The van der Waals surface area contributed by atoms with E-state index in [1.807, 2.05) is 13.0 Å². The van der Waals surface area contributed by atoms with Crippen LogP contribution in [0.15, 0.2) is 12.1 Å². The van der Waals surface area contributed by atoms with Gasteiger partial charge in [0, 0.05) is 44.7 Å². The molecule has 0 aromatic heterocycles. The molecular weight excluding hydrogens is 450 g/mol. The van der Waals surface area contributed by atoms with Gasteiger partial charge in [0.25, 0.3) is 0 Å². The minimum Gasteiger partial charge on any atom is -0.493 e. The fourth-order valence-electron chi connectivity index (χ4n) is 9.61. The second-order valence-electron chi connectivity index (χ2n) is 13.5. The first kappa shape index (κ1) is 18.9. The Balaban J connectivity index is 1.47. The van der Waals surface area contributed by atoms with Gasteiger partial charge in [0.2, 0.25) is 0 Å². The SMILES string of the molecule is [2H]C([2H])([2H])Oc1ccc2c3c1O[C@H]1[C@@]4(OC)CC[C@@]5(C[C@@H]4[C@](C)(O)C(C)(C)CC)[C@@H](C2)N(C([2H])([2H])C2CC2)CC[C@]315. The number of piperidine rings is 1. The maximum atomic E-state index is 12.5. The van der Waals surface area contributed by atoms with Crippen LogP contribution >= 0.6 is 0 Å². The van der Waals surface area contributed by atoms with Gasteiger partial charge in [-0.2, -0.15) is 0 Å². The molecule has 2 spiro atoms. The molecule has 7 atom stereocenters. The molecule has 1 saturated heterocycles. The molecule has 4 bridgehead atoms. The van der Waals surface area contributed by atoms with Crippen LogP contribution in [0, 0.1) is 22.7 Å². The molecular formula is C31H45NO4. The smallest absolute Gasteiger partial charge is 0.165 e. The molecule has 1 aromatic carbocycles. The van der Waals surface area contributed by atoms with E-state index in [9.17, 15) is 7.85 Å². The van der Waals surface area contributed by atoms with Crippen LogP contribution in [0.2, 0.25) is 0 Å². The lowest BCUT2D eigenvalue weighted by atomic mass is 9.33. The molecule has 36 heavy (non-hydrogen) atoms. The Labute approximate surface area is 223 Å². The molecule has 2 heterocycles. The van der Waals surface area contributed by atoms with Gasteiger partial charge in [-0.15, -0.1) is 0 Å². The summed E-state index contributed by atoms with van der Waals surface area (Å²) in [6.45, 7) is 7.53. The maximum absolute atomic E-state index is 12.5. The first-order valence-corrected chi connectivity index (χ1v) is 14.1. The summed E-state index contributed by atoms with van der Waals surface area (Å²) in [4.78, 5) is 2.18. The van der Waals surface area contributed by atoms with Gasteiger partial charge in [-0.1, -0.05) is 26.8 Å². The number of nitrogens with zero attached hydrogens (tertiary/aromatic N) is 1. The molecule has 4 saturated carbocycles. The van der Waals surface area contributed by atoms with E-state index >= 15 is 0 Å². The number of rotatable bonds is 7. The Morgan fingerprint density at radius 2 is 2.06 bits per heavy atom. The van der Waals surface area contributed by atoms with Crippen LogP contribution in [0.3, 0.4) is 0 Å². The lowest BCUT2D eigenvalue weighted by Gasteiger charge is -2.75. The van der Waals surface area contributed by atoms with Crippen LogP contribution in [0.5, 0.6) is 11.5 Å². The van der Waals surface area contributed by atoms with Gasteiger partial charge in [0.15, 0.2) is 11.5 Å². The summed E-state index contributed by atoms with van der Waals surface area (Å²) >= 11 is 0. The highest BCUT2D eigenvalue weighted by atomic mass is 16.6. The number of fused-ring (bicyclic) bond motifs is 2. The standard InChI is InChI=1S/C31H45NO4/c1-7-27(2,3)28(4,33)22-17-29-12-13-31(22,35-6)26-30(29)14-15-32(18-19-8-9-19)23(29)16-20-10-11-21(34-5)25(36-26)24(20)30/h10-11,19,22-23,26,33H,7-9,12-18H2,1-6H3/t22-,23-,26-,28+,29-,30+,31-/m1/s1/i5D3,18D2. The van der Waals surface area contributed by atoms with Crippen molar-refractivity contribution < 1.29 is 26.2 Å². The zero-order chi connectivity index (χ0) is 29.6.